The molecule has 0 N–H and O–H groups in total. The summed E-state index contributed by atoms with van der Waals surface area (Å²) in [6.07, 6.45) is 3.53. The highest BCUT2D eigenvalue weighted by atomic mass is 35.5. The second-order valence-corrected chi connectivity index (χ2v) is 9.08. The molecule has 8 heteroatoms. The van der Waals surface area contributed by atoms with Crippen molar-refractivity contribution in [3.05, 3.63) is 33.1 Å². The lowest BCUT2D eigenvalue weighted by Gasteiger charge is -2.19. The number of thiophene rings is 1. The zero-order valence-corrected chi connectivity index (χ0v) is 13.0. The summed E-state index contributed by atoms with van der Waals surface area (Å²) >= 11 is 8.41. The Kier molecular flexibility index (Phi) is 3.65. The first kappa shape index (κ1) is 13.5. The monoisotopic (exact) mass is 334 g/mol. The van der Waals surface area contributed by atoms with Crippen molar-refractivity contribution < 1.29 is 8.42 Å². The normalized spacial score (nSPS) is 16.1. The molecule has 2 aromatic heterocycles. The summed E-state index contributed by atoms with van der Waals surface area (Å²) < 4.78 is 27.6. The number of halogens is 1. The number of nitrogens with zero attached hydrogens (tertiary/aromatic N) is 2. The molecule has 0 radical (unpaired) electrons. The molecule has 0 spiro atoms. The Bertz CT molecular complexity index is 662. The van der Waals surface area contributed by atoms with Gasteiger partial charge in [0.15, 0.2) is 0 Å². The average Bonchev–Trinajstić information content (AvgIpc) is 2.88. The Balaban J connectivity index is 1.91. The fourth-order valence-corrected chi connectivity index (χ4v) is 5.74. The van der Waals surface area contributed by atoms with Gasteiger partial charge in [-0.3, -0.25) is 0 Å². The number of sulfonamides is 1. The zero-order valence-electron chi connectivity index (χ0n) is 9.82. The van der Waals surface area contributed by atoms with E-state index in [1.165, 1.54) is 11.3 Å². The van der Waals surface area contributed by atoms with Gasteiger partial charge in [0.1, 0.15) is 9.22 Å². The summed E-state index contributed by atoms with van der Waals surface area (Å²) in [6, 6.07) is 3.29. The minimum atomic E-state index is -3.46. The van der Waals surface area contributed by atoms with E-state index in [9.17, 15) is 8.42 Å². The second-order valence-electron chi connectivity index (χ2n) is 4.27. The first-order chi connectivity index (χ1) is 9.07. The third kappa shape index (κ3) is 2.85. The number of rotatable bonds is 5. The molecule has 0 amide bonds. The van der Waals surface area contributed by atoms with Crippen molar-refractivity contribution in [2.75, 3.05) is 0 Å². The highest BCUT2D eigenvalue weighted by Gasteiger charge is 2.39. The van der Waals surface area contributed by atoms with E-state index in [0.717, 1.165) is 29.2 Å². The fraction of sp³-hybridized carbons (Fsp3) is 0.364. The number of hydrogen-bond donors (Lipinski definition) is 0. The third-order valence-corrected chi connectivity index (χ3v) is 7.20. The molecule has 1 saturated carbocycles. The minimum absolute atomic E-state index is 0.106. The molecule has 0 aliphatic heterocycles. The van der Waals surface area contributed by atoms with Crippen LogP contribution in [0.15, 0.2) is 27.9 Å². The lowest BCUT2D eigenvalue weighted by molar-refractivity contribution is 0.399. The molecule has 2 aromatic rings. The van der Waals surface area contributed by atoms with Gasteiger partial charge in [-0.25, -0.2) is 13.4 Å². The molecule has 0 aromatic carbocycles. The quantitative estimate of drug-likeness (QED) is 0.843. The van der Waals surface area contributed by atoms with Crippen LogP contribution in [0.2, 0.25) is 4.34 Å². The molecule has 4 nitrogen and oxygen atoms in total. The van der Waals surface area contributed by atoms with Crippen LogP contribution in [-0.2, 0) is 16.6 Å². The summed E-state index contributed by atoms with van der Waals surface area (Å²) in [5, 5.41) is 2.67. The zero-order chi connectivity index (χ0) is 13.5. The average molecular weight is 335 g/mol. The van der Waals surface area contributed by atoms with Gasteiger partial charge >= 0.3 is 0 Å². The summed E-state index contributed by atoms with van der Waals surface area (Å²) in [4.78, 5) is 4.17. The Hall–Kier alpha value is -0.470. The molecule has 1 aliphatic rings. The smallest absolute Gasteiger partial charge is 0.248 e. The maximum atomic E-state index is 12.6. The van der Waals surface area contributed by atoms with Crippen molar-refractivity contribution in [3.63, 3.8) is 0 Å². The van der Waals surface area contributed by atoms with Gasteiger partial charge in [0.25, 0.3) is 10.0 Å². The van der Waals surface area contributed by atoms with E-state index in [1.807, 2.05) is 5.38 Å². The molecule has 1 fully saturated rings. The van der Waals surface area contributed by atoms with Crippen LogP contribution in [0.25, 0.3) is 0 Å². The summed E-state index contributed by atoms with van der Waals surface area (Å²) in [5.41, 5.74) is 0. The number of thiazole rings is 1. The van der Waals surface area contributed by atoms with Crippen LogP contribution >= 0.6 is 34.3 Å². The predicted octanol–water partition coefficient (Wildman–Crippen LogP) is 3.21. The molecule has 1 aliphatic carbocycles. The SMILES string of the molecule is O=S(=O)(c1ccc(Cl)s1)N(Cc1nccs1)C1CC1. The Labute approximate surface area is 124 Å². The third-order valence-electron chi connectivity index (χ3n) is 2.84. The lowest BCUT2D eigenvalue weighted by Crippen LogP contribution is -2.32. The topological polar surface area (TPSA) is 50.3 Å². The first-order valence-electron chi connectivity index (χ1n) is 5.73. The molecule has 0 unspecified atom stereocenters. The molecule has 0 bridgehead atoms. The van der Waals surface area contributed by atoms with Gasteiger partial charge < -0.3 is 0 Å². The van der Waals surface area contributed by atoms with E-state index in [-0.39, 0.29) is 6.04 Å². The van der Waals surface area contributed by atoms with E-state index < -0.39 is 10.0 Å². The highest BCUT2D eigenvalue weighted by Crippen LogP contribution is 2.36. The fourth-order valence-electron chi connectivity index (χ4n) is 1.79. The summed E-state index contributed by atoms with van der Waals surface area (Å²) in [7, 11) is -3.46. The van der Waals surface area contributed by atoms with Crippen LogP contribution in [-0.4, -0.2) is 23.7 Å². The van der Waals surface area contributed by atoms with Crippen LogP contribution in [0.1, 0.15) is 17.8 Å². The van der Waals surface area contributed by atoms with Gasteiger partial charge in [-0.05, 0) is 25.0 Å². The van der Waals surface area contributed by atoms with E-state index in [2.05, 4.69) is 4.98 Å². The summed E-state index contributed by atoms with van der Waals surface area (Å²) in [5.74, 6) is 0. The molecule has 19 heavy (non-hydrogen) atoms. The Morgan fingerprint density at radius 3 is 2.74 bits per heavy atom. The summed E-state index contributed by atoms with van der Waals surface area (Å²) in [6.45, 7) is 0.347. The van der Waals surface area contributed by atoms with Gasteiger partial charge in [0.2, 0.25) is 0 Å². The van der Waals surface area contributed by atoms with Gasteiger partial charge in [-0.15, -0.1) is 22.7 Å². The standard InChI is InChI=1S/C11H11ClN2O2S3/c12-9-3-4-11(18-9)19(15,16)14(8-1-2-8)7-10-13-5-6-17-10/h3-6,8H,1-2,7H2. The number of aromatic nitrogens is 1. The van der Waals surface area contributed by atoms with Crippen molar-refractivity contribution >= 4 is 44.3 Å². The highest BCUT2D eigenvalue weighted by molar-refractivity contribution is 7.91. The van der Waals surface area contributed by atoms with Gasteiger partial charge in [0.05, 0.1) is 10.9 Å². The van der Waals surface area contributed by atoms with Crippen LogP contribution < -0.4 is 0 Å². The minimum Gasteiger partial charge on any atom is -0.248 e. The molecule has 0 saturated heterocycles. The van der Waals surface area contributed by atoms with Gasteiger partial charge in [-0.2, -0.15) is 4.31 Å². The first-order valence-corrected chi connectivity index (χ1v) is 9.24. The van der Waals surface area contributed by atoms with Gasteiger partial charge in [-0.1, -0.05) is 11.6 Å². The van der Waals surface area contributed by atoms with Crippen molar-refractivity contribution in [1.82, 2.24) is 9.29 Å². The predicted molar refractivity (Wildman–Crippen MR) is 77.2 cm³/mol. The maximum absolute atomic E-state index is 12.6. The second kappa shape index (κ2) is 5.14. The van der Waals surface area contributed by atoms with E-state index in [1.54, 1.807) is 22.6 Å². The lowest BCUT2D eigenvalue weighted by atomic mass is 10.6. The van der Waals surface area contributed by atoms with E-state index in [4.69, 9.17) is 11.6 Å². The molecular formula is C11H11ClN2O2S3. The number of hydrogen-bond acceptors (Lipinski definition) is 5. The van der Waals surface area contributed by atoms with Crippen LogP contribution in [0.4, 0.5) is 0 Å². The molecule has 102 valence electrons. The van der Waals surface area contributed by atoms with Gasteiger partial charge in [0, 0.05) is 17.6 Å². The van der Waals surface area contributed by atoms with Crippen molar-refractivity contribution in [1.29, 1.82) is 0 Å². The largest absolute Gasteiger partial charge is 0.253 e. The van der Waals surface area contributed by atoms with Crippen LogP contribution in [0.5, 0.6) is 0 Å². The van der Waals surface area contributed by atoms with Crippen molar-refractivity contribution in [2.45, 2.75) is 29.6 Å². The molecule has 2 heterocycles. The van der Waals surface area contributed by atoms with Crippen molar-refractivity contribution in [2.24, 2.45) is 0 Å². The van der Waals surface area contributed by atoms with Crippen molar-refractivity contribution in [3.8, 4) is 0 Å². The Morgan fingerprint density at radius 1 is 1.42 bits per heavy atom. The van der Waals surface area contributed by atoms with E-state index in [0.29, 0.717) is 15.1 Å². The molecule has 3 rings (SSSR count). The molecular weight excluding hydrogens is 324 g/mol. The van der Waals surface area contributed by atoms with E-state index >= 15 is 0 Å². The van der Waals surface area contributed by atoms with Crippen LogP contribution in [0.3, 0.4) is 0 Å². The molecule has 0 atom stereocenters. The van der Waals surface area contributed by atoms with Crippen LogP contribution in [0, 0.1) is 0 Å². The Morgan fingerprint density at radius 2 is 2.21 bits per heavy atom. The maximum Gasteiger partial charge on any atom is 0.253 e.